The third-order valence-electron chi connectivity index (χ3n) is 17.9. The summed E-state index contributed by atoms with van der Waals surface area (Å²) in [4.78, 5) is 4.26. The zero-order valence-corrected chi connectivity index (χ0v) is 45.4. The van der Waals surface area contributed by atoms with Crippen LogP contribution in [0.2, 0.25) is 0 Å². The van der Waals surface area contributed by atoms with E-state index in [9.17, 15) is 16.2 Å². The first kappa shape index (κ1) is 49.2. The number of nitrogens with zero attached hydrogens (tertiary/aromatic N) is 2. The van der Waals surface area contributed by atoms with Gasteiger partial charge in [0.1, 0.15) is 5.71 Å². The molecule has 0 unspecified atom stereocenters. The molecule has 6 nitrogen and oxygen atoms in total. The highest BCUT2D eigenvalue weighted by molar-refractivity contribution is 6.70. The molecule has 0 aliphatic heterocycles. The van der Waals surface area contributed by atoms with E-state index in [1.165, 1.54) is 89.0 Å². The van der Waals surface area contributed by atoms with Crippen LogP contribution in [0.4, 0.5) is 5.69 Å². The number of allylic oxidation sites excluding steroid dienone is 8. The smallest absolute Gasteiger partial charge is 0.117 e. The molecule has 388 valence electrons. The fourth-order valence-electron chi connectivity index (χ4n) is 13.9. The van der Waals surface area contributed by atoms with Crippen molar-refractivity contribution in [3.05, 3.63) is 228 Å². The van der Waals surface area contributed by atoms with Gasteiger partial charge >= 0.3 is 0 Å². The molecule has 1 heterocycles. The fraction of sp³-hybridized carbons (Fsp3) is 0.176. The molecule has 0 bridgehead atoms. The van der Waals surface area contributed by atoms with Crippen LogP contribution in [-0.2, 0) is 5.41 Å². The van der Waals surface area contributed by atoms with E-state index >= 15 is 0 Å². The summed E-state index contributed by atoms with van der Waals surface area (Å²) in [5.41, 5.74) is 17.7. The summed E-state index contributed by atoms with van der Waals surface area (Å²) >= 11 is 0. The molecule has 0 spiro atoms. The second kappa shape index (κ2) is 20.0. The number of unbranched alkanes of at least 4 members (excludes halogenated alkanes) is 6. The summed E-state index contributed by atoms with van der Waals surface area (Å²) in [5.74, 6) is 0. The maximum absolute atomic E-state index is 10.2. The van der Waals surface area contributed by atoms with Gasteiger partial charge in [-0.05, 0) is 146 Å². The quantitative estimate of drug-likeness (QED) is 0.0335. The van der Waals surface area contributed by atoms with Gasteiger partial charge in [0.2, 0.25) is 0 Å². The zero-order valence-electron chi connectivity index (χ0n) is 45.4. The Labute approximate surface area is 467 Å². The van der Waals surface area contributed by atoms with Crippen LogP contribution in [0.15, 0.2) is 200 Å². The number of hydrogen-bond acceptors (Lipinski definition) is 6. The Bertz CT molecular complexity index is 4480. The monoisotopic (exact) mass is 1030 g/mol. The maximum Gasteiger partial charge on any atom is 0.117 e. The molecule has 0 saturated carbocycles. The maximum atomic E-state index is 10.2. The van der Waals surface area contributed by atoms with Gasteiger partial charge in [-0.25, -0.2) is 0 Å². The molecule has 0 saturated heterocycles. The molecule has 0 radical (unpaired) electrons. The van der Waals surface area contributed by atoms with Gasteiger partial charge in [0.25, 0.3) is 0 Å². The number of fused-ring (bicyclic) bond motifs is 3. The zero-order chi connectivity index (χ0) is 54.1. The molecule has 0 amide bonds. The van der Waals surface area contributed by atoms with Crippen LogP contribution in [0.25, 0.3) is 98.1 Å². The first-order valence-electron chi connectivity index (χ1n) is 28.8. The highest BCUT2D eigenvalue weighted by atomic mass is 15.3. The van der Waals surface area contributed by atoms with Crippen molar-refractivity contribution in [1.82, 2.24) is 4.98 Å². The molecule has 14 rings (SSSR count). The van der Waals surface area contributed by atoms with Crippen LogP contribution in [-0.4, -0.2) is 27.8 Å². The lowest BCUT2D eigenvalue weighted by Gasteiger charge is -2.34. The number of pyridine rings is 1. The summed E-state index contributed by atoms with van der Waals surface area (Å²) in [6, 6.07) is 57.0. The molecule has 0 fully saturated rings. The Kier molecular flexibility index (Phi) is 12.3. The molecule has 3 aliphatic rings. The Morgan fingerprint density at radius 1 is 0.412 bits per heavy atom. The average molecular weight is 1040 g/mol. The fourth-order valence-corrected chi connectivity index (χ4v) is 13.9. The predicted octanol–water partition coefficient (Wildman–Crippen LogP) is 19.6. The Morgan fingerprint density at radius 3 is 1.36 bits per heavy atom. The highest BCUT2D eigenvalue weighted by Gasteiger charge is 2.43. The Hall–Kier alpha value is -9.13. The predicted molar refractivity (Wildman–Crippen MR) is 341 cm³/mol. The van der Waals surface area contributed by atoms with Crippen molar-refractivity contribution in [2.24, 2.45) is 5.10 Å². The van der Waals surface area contributed by atoms with E-state index in [1.54, 1.807) is 12.4 Å². The minimum atomic E-state index is -0.288. The molecule has 0 atom stereocenters. The molecule has 11 aromatic rings. The summed E-state index contributed by atoms with van der Waals surface area (Å²) in [7, 11) is 0. The van der Waals surface area contributed by atoms with Crippen LogP contribution in [0, 0.1) is 16.2 Å². The summed E-state index contributed by atoms with van der Waals surface area (Å²) in [6.45, 7) is 4.58. The lowest BCUT2D eigenvalue weighted by atomic mass is 9.69. The van der Waals surface area contributed by atoms with Crippen LogP contribution >= 0.6 is 0 Å². The topological polar surface area (TPSA) is 109 Å². The molecular weight excluding hydrogens is 973 g/mol. The van der Waals surface area contributed by atoms with Crippen LogP contribution in [0.3, 0.4) is 0 Å². The number of anilines is 1. The molecule has 80 heavy (non-hydrogen) atoms. The van der Waals surface area contributed by atoms with E-state index in [2.05, 4.69) is 194 Å². The summed E-state index contributed by atoms with van der Waals surface area (Å²) in [6.07, 6.45) is 23.3. The summed E-state index contributed by atoms with van der Waals surface area (Å²) < 4.78 is 0. The van der Waals surface area contributed by atoms with Gasteiger partial charge in [0.05, 0.1) is 22.8 Å². The largest absolute Gasteiger partial charge is 0.298 e. The molecule has 4 N–H and O–H groups in total. The van der Waals surface area contributed by atoms with E-state index in [1.807, 2.05) is 12.1 Å². The van der Waals surface area contributed by atoms with Gasteiger partial charge in [0.15, 0.2) is 0 Å². The van der Waals surface area contributed by atoms with Crippen molar-refractivity contribution in [2.75, 3.05) is 5.43 Å². The number of nitrogens with one attached hydrogen (secondary N) is 4. The van der Waals surface area contributed by atoms with E-state index in [0.29, 0.717) is 11.4 Å². The van der Waals surface area contributed by atoms with Crippen molar-refractivity contribution in [2.45, 2.75) is 83.5 Å². The second-order valence-corrected chi connectivity index (χ2v) is 22.4. The molecule has 3 aliphatic carbocycles. The van der Waals surface area contributed by atoms with E-state index in [4.69, 9.17) is 5.10 Å². The molecular formula is C74H62N6. The number of benzene rings is 10. The Balaban J connectivity index is 0.893. The van der Waals surface area contributed by atoms with E-state index in [0.717, 1.165) is 112 Å². The minimum Gasteiger partial charge on any atom is -0.298 e. The lowest BCUT2D eigenvalue weighted by Crippen LogP contribution is -2.26. The van der Waals surface area contributed by atoms with E-state index in [-0.39, 0.29) is 16.8 Å². The normalized spacial score (nSPS) is 15.6. The van der Waals surface area contributed by atoms with Crippen molar-refractivity contribution in [3.63, 3.8) is 0 Å². The van der Waals surface area contributed by atoms with Gasteiger partial charge in [-0.3, -0.25) is 26.6 Å². The minimum absolute atomic E-state index is 0.245. The van der Waals surface area contributed by atoms with Crippen LogP contribution < -0.4 is 5.43 Å². The molecule has 6 heteroatoms. The summed E-state index contributed by atoms with van der Waals surface area (Å²) in [5, 5.41) is 49.2. The van der Waals surface area contributed by atoms with E-state index < -0.39 is 0 Å². The van der Waals surface area contributed by atoms with Gasteiger partial charge in [-0.1, -0.05) is 223 Å². The van der Waals surface area contributed by atoms with Gasteiger partial charge in [0, 0.05) is 40.1 Å². The van der Waals surface area contributed by atoms with Gasteiger partial charge in [-0.15, -0.1) is 0 Å². The van der Waals surface area contributed by atoms with Crippen molar-refractivity contribution < 1.29 is 0 Å². The number of hydrazone groups is 1. The van der Waals surface area contributed by atoms with Gasteiger partial charge < -0.3 is 0 Å². The number of rotatable bonds is 16. The highest BCUT2D eigenvalue weighted by Crippen LogP contribution is 2.56. The second-order valence-electron chi connectivity index (χ2n) is 22.4. The van der Waals surface area contributed by atoms with Crippen molar-refractivity contribution in [1.29, 1.82) is 16.2 Å². The van der Waals surface area contributed by atoms with Crippen molar-refractivity contribution >= 4 is 115 Å². The van der Waals surface area contributed by atoms with Crippen LogP contribution in [0.1, 0.15) is 111 Å². The van der Waals surface area contributed by atoms with Crippen LogP contribution in [0.5, 0.6) is 0 Å². The number of hydrogen-bond donors (Lipinski definition) is 4. The first-order valence-corrected chi connectivity index (χ1v) is 28.8. The Morgan fingerprint density at radius 2 is 0.838 bits per heavy atom. The molecule has 10 aromatic carbocycles. The first-order chi connectivity index (χ1) is 39.3. The third kappa shape index (κ3) is 7.94. The average Bonchev–Trinajstić information content (AvgIpc) is 3.94. The van der Waals surface area contributed by atoms with Gasteiger partial charge in [-0.2, -0.15) is 5.10 Å². The molecule has 1 aromatic heterocycles. The standard InChI is InChI=1S/C74H62N6/c1-3-5-7-9-39-74(40-10-8-6-4-2)64-43-51(54-33-35-62(71(76)70(54)75)56-27-21-49-19-17-45-13-11-15-47-23-31-60(56)68(49)66(45)47)25-29-58(64)59-30-26-52(44-65(59)74)55-34-36-63(72(77)73(55)80-79-53-37-41-78-42-38-53)57-28-22-50-20-18-46-14-12-16-48-24-32-61(57)69(50)67(46)48/h11-38,41-44,75-77H,3-10,39-40H2,1-2H3,(H,78,79)/b75-70?,76-71?,77-72?,80-73-. The SMILES string of the molecule is CCCCCCC1(CCCCCC)c2cc(C3=CC=C(c4ccc5ccc6cccc7ccc4c5c67)C(=N)C3=N)ccc2-c2ccc(C3=CC=C(c4ccc5ccc6cccc7ccc4c5c67)C(=N)/C3=N\Nc3ccncc3)cc21. The van der Waals surface area contributed by atoms with Crippen molar-refractivity contribution in [3.8, 4) is 11.1 Å². The lowest BCUT2D eigenvalue weighted by molar-refractivity contribution is 0.401. The third-order valence-corrected chi connectivity index (χ3v) is 17.9. The number of aromatic nitrogens is 1.